The molecule has 2 nitrogen and oxygen atoms in total. The lowest BCUT2D eigenvalue weighted by atomic mass is 10.1. The molecule has 19 heavy (non-hydrogen) atoms. The Kier molecular flexibility index (Phi) is 4.70. The number of ketones is 1. The molecule has 1 aliphatic carbocycles. The second kappa shape index (κ2) is 6.49. The number of rotatable bonds is 2. The van der Waals surface area contributed by atoms with Gasteiger partial charge < -0.3 is 5.11 Å². The minimum absolute atomic E-state index is 0.0894. The number of allylic oxidation sites excluding steroid dienone is 2. The van der Waals surface area contributed by atoms with Crippen LogP contribution in [0.5, 0.6) is 0 Å². The van der Waals surface area contributed by atoms with Gasteiger partial charge in [-0.15, -0.1) is 11.8 Å². The van der Waals surface area contributed by atoms with E-state index in [-0.39, 0.29) is 11.5 Å². The second-order valence-electron chi connectivity index (χ2n) is 4.47. The van der Waals surface area contributed by atoms with Gasteiger partial charge in [-0.05, 0) is 73.6 Å². The predicted octanol–water partition coefficient (Wildman–Crippen LogP) is 3.98. The highest BCUT2D eigenvalue weighted by molar-refractivity contribution is 7.98. The smallest absolute Gasteiger partial charge is 0.236 e. The van der Waals surface area contributed by atoms with Crippen LogP contribution in [0, 0.1) is 11.8 Å². The van der Waals surface area contributed by atoms with Gasteiger partial charge in [0.05, 0.1) is 0 Å². The fourth-order valence-electron chi connectivity index (χ4n) is 2.06. The molecule has 98 valence electrons. The van der Waals surface area contributed by atoms with Crippen molar-refractivity contribution in [2.75, 3.05) is 6.26 Å². The van der Waals surface area contributed by atoms with E-state index in [1.54, 1.807) is 23.9 Å². The van der Waals surface area contributed by atoms with Crippen LogP contribution < -0.4 is 0 Å². The van der Waals surface area contributed by atoms with E-state index >= 15 is 0 Å². The summed E-state index contributed by atoms with van der Waals surface area (Å²) in [5, 5.41) is 9.78. The summed E-state index contributed by atoms with van der Waals surface area (Å²) >= 11 is 1.63. The molecule has 3 heteroatoms. The highest BCUT2D eigenvalue weighted by atomic mass is 32.2. The quantitative estimate of drug-likeness (QED) is 0.291. The van der Waals surface area contributed by atoms with Gasteiger partial charge >= 0.3 is 0 Å². The molecule has 0 saturated heterocycles. The van der Waals surface area contributed by atoms with Crippen molar-refractivity contribution in [3.63, 3.8) is 0 Å². The Morgan fingerprint density at radius 3 is 2.37 bits per heavy atom. The van der Waals surface area contributed by atoms with Crippen molar-refractivity contribution in [2.24, 2.45) is 0 Å². The fourth-order valence-corrected chi connectivity index (χ4v) is 2.47. The molecule has 1 aliphatic rings. The van der Waals surface area contributed by atoms with Crippen LogP contribution in [0.1, 0.15) is 36.0 Å². The Morgan fingerprint density at radius 2 is 1.79 bits per heavy atom. The van der Waals surface area contributed by atoms with Gasteiger partial charge in [0.25, 0.3) is 0 Å². The van der Waals surface area contributed by atoms with Gasteiger partial charge in [-0.3, -0.25) is 4.79 Å². The van der Waals surface area contributed by atoms with Crippen molar-refractivity contribution in [2.45, 2.75) is 30.6 Å². The van der Waals surface area contributed by atoms with Gasteiger partial charge in [-0.2, -0.15) is 0 Å². The molecule has 1 fully saturated rings. The van der Waals surface area contributed by atoms with Gasteiger partial charge in [0, 0.05) is 10.5 Å². The predicted molar refractivity (Wildman–Crippen MR) is 78.5 cm³/mol. The largest absolute Gasteiger partial charge is 0.501 e. The Balaban J connectivity index is 2.10. The zero-order chi connectivity index (χ0) is 13.7. The van der Waals surface area contributed by atoms with Crippen molar-refractivity contribution >= 4 is 17.5 Å². The number of hydrogen-bond donors (Lipinski definition) is 1. The molecule has 0 unspecified atom stereocenters. The SMILES string of the molecule is CSc1ccc(C(=O)C#CC(O)=C2CCCC2)cc1. The summed E-state index contributed by atoms with van der Waals surface area (Å²) in [6, 6.07) is 7.33. The second-order valence-corrected chi connectivity index (χ2v) is 5.35. The van der Waals surface area contributed by atoms with Crippen LogP contribution in [0.15, 0.2) is 40.5 Å². The average molecular weight is 272 g/mol. The van der Waals surface area contributed by atoms with Crippen molar-refractivity contribution in [3.8, 4) is 11.8 Å². The van der Waals surface area contributed by atoms with Crippen LogP contribution in [0.2, 0.25) is 0 Å². The monoisotopic (exact) mass is 272 g/mol. The molecule has 0 aromatic heterocycles. The first-order valence-corrected chi connectivity index (χ1v) is 7.54. The Morgan fingerprint density at radius 1 is 1.16 bits per heavy atom. The summed E-state index contributed by atoms with van der Waals surface area (Å²) in [7, 11) is 0. The molecule has 0 atom stereocenters. The molecular weight excluding hydrogens is 256 g/mol. The Hall–Kier alpha value is -1.66. The van der Waals surface area contributed by atoms with Crippen LogP contribution in [0.25, 0.3) is 0 Å². The molecule has 0 spiro atoms. The van der Waals surface area contributed by atoms with E-state index in [9.17, 15) is 9.90 Å². The number of carbonyl (C=O) groups excluding carboxylic acids is 1. The first kappa shape index (κ1) is 13.8. The molecule has 1 N–H and O–H groups in total. The standard InChI is InChI=1S/C16H16O2S/c1-19-14-8-6-13(7-9-14)16(18)11-10-15(17)12-4-2-3-5-12/h6-9,17H,2-5H2,1H3. The summed E-state index contributed by atoms with van der Waals surface area (Å²) in [5.41, 5.74) is 1.55. The maximum absolute atomic E-state index is 11.8. The third-order valence-electron chi connectivity index (χ3n) is 3.19. The summed E-state index contributed by atoms with van der Waals surface area (Å²) in [6.07, 6.45) is 5.99. The molecule has 1 saturated carbocycles. The molecule has 0 amide bonds. The first-order valence-electron chi connectivity index (χ1n) is 6.32. The van der Waals surface area contributed by atoms with E-state index in [1.807, 2.05) is 18.4 Å². The topological polar surface area (TPSA) is 37.3 Å². The number of benzene rings is 1. The normalized spacial score (nSPS) is 13.8. The first-order chi connectivity index (χ1) is 9.20. The molecule has 0 aliphatic heterocycles. The van der Waals surface area contributed by atoms with Gasteiger partial charge in [-0.25, -0.2) is 0 Å². The zero-order valence-electron chi connectivity index (χ0n) is 10.9. The van der Waals surface area contributed by atoms with Gasteiger partial charge in [0.1, 0.15) is 0 Å². The van der Waals surface area contributed by atoms with E-state index in [4.69, 9.17) is 0 Å². The van der Waals surface area contributed by atoms with Crippen LogP contribution in [0.3, 0.4) is 0 Å². The lowest BCUT2D eigenvalue weighted by Gasteiger charge is -1.97. The number of aliphatic hydroxyl groups excluding tert-OH is 1. The summed E-state index contributed by atoms with van der Waals surface area (Å²) < 4.78 is 0. The zero-order valence-corrected chi connectivity index (χ0v) is 11.7. The number of Topliss-reactive ketones (excluding diaryl/α,β-unsaturated/α-hetero) is 1. The molecule has 0 radical (unpaired) electrons. The number of thioether (sulfide) groups is 1. The molecule has 1 aromatic carbocycles. The van der Waals surface area contributed by atoms with Gasteiger partial charge in [0.15, 0.2) is 5.76 Å². The lowest BCUT2D eigenvalue weighted by molar-refractivity contribution is 0.105. The molecular formula is C16H16O2S. The molecule has 1 aromatic rings. The number of aliphatic hydroxyl groups is 1. The van der Waals surface area contributed by atoms with E-state index < -0.39 is 0 Å². The highest BCUT2D eigenvalue weighted by Gasteiger charge is 2.10. The van der Waals surface area contributed by atoms with E-state index in [2.05, 4.69) is 11.8 Å². The molecule has 0 heterocycles. The Bertz CT molecular complexity index is 551. The third kappa shape index (κ3) is 3.65. The number of carbonyl (C=O) groups is 1. The minimum atomic E-state index is -0.252. The van der Waals surface area contributed by atoms with Crippen molar-refractivity contribution in [1.29, 1.82) is 0 Å². The van der Waals surface area contributed by atoms with Gasteiger partial charge in [-0.1, -0.05) is 0 Å². The maximum Gasteiger partial charge on any atom is 0.236 e. The fraction of sp³-hybridized carbons (Fsp3) is 0.312. The van der Waals surface area contributed by atoms with Crippen LogP contribution >= 0.6 is 11.8 Å². The van der Waals surface area contributed by atoms with E-state index in [0.29, 0.717) is 5.56 Å². The van der Waals surface area contributed by atoms with E-state index in [1.165, 1.54) is 0 Å². The average Bonchev–Trinajstić information content (AvgIpc) is 2.98. The summed E-state index contributed by atoms with van der Waals surface area (Å²) in [6.45, 7) is 0. The van der Waals surface area contributed by atoms with E-state index in [0.717, 1.165) is 36.2 Å². The van der Waals surface area contributed by atoms with Crippen LogP contribution in [-0.4, -0.2) is 17.1 Å². The minimum Gasteiger partial charge on any atom is -0.501 e. The van der Waals surface area contributed by atoms with Crippen molar-refractivity contribution < 1.29 is 9.90 Å². The van der Waals surface area contributed by atoms with Crippen LogP contribution in [-0.2, 0) is 0 Å². The molecule has 2 rings (SSSR count). The highest BCUT2D eigenvalue weighted by Crippen LogP contribution is 2.25. The summed E-state index contributed by atoms with van der Waals surface area (Å²) in [4.78, 5) is 13.0. The summed E-state index contributed by atoms with van der Waals surface area (Å²) in [5.74, 6) is 4.93. The number of hydrogen-bond acceptors (Lipinski definition) is 3. The molecule has 0 bridgehead atoms. The lowest BCUT2D eigenvalue weighted by Crippen LogP contribution is -1.95. The maximum atomic E-state index is 11.8. The van der Waals surface area contributed by atoms with Crippen molar-refractivity contribution in [1.82, 2.24) is 0 Å². The van der Waals surface area contributed by atoms with Crippen molar-refractivity contribution in [3.05, 3.63) is 41.2 Å². The van der Waals surface area contributed by atoms with Gasteiger partial charge in [0.2, 0.25) is 5.78 Å². The third-order valence-corrected chi connectivity index (χ3v) is 3.93. The Labute approximate surface area is 117 Å². The van der Waals surface area contributed by atoms with Crippen LogP contribution in [0.4, 0.5) is 0 Å².